The lowest BCUT2D eigenvalue weighted by atomic mass is 9.66. The van der Waals surface area contributed by atoms with E-state index >= 15 is 0 Å². The number of rotatable bonds is 2. The van der Waals surface area contributed by atoms with Crippen molar-refractivity contribution < 1.29 is 19.1 Å². The third kappa shape index (κ3) is 1.54. The molecule has 4 nitrogen and oxygen atoms in total. The first-order chi connectivity index (χ1) is 9.33. The van der Waals surface area contributed by atoms with Crippen molar-refractivity contribution in [2.75, 3.05) is 0 Å². The van der Waals surface area contributed by atoms with Gasteiger partial charge in [-0.1, -0.05) is 20.3 Å². The predicted octanol–water partition coefficient (Wildman–Crippen LogP) is 2.98. The van der Waals surface area contributed by atoms with E-state index in [4.69, 9.17) is 9.47 Å². The highest BCUT2D eigenvalue weighted by atomic mass is 16.6. The fourth-order valence-corrected chi connectivity index (χ4v) is 4.13. The van der Waals surface area contributed by atoms with Crippen molar-refractivity contribution in [1.82, 2.24) is 0 Å². The summed E-state index contributed by atoms with van der Waals surface area (Å²) in [4.78, 5) is 24.8. The maximum atomic E-state index is 12.7. The molecule has 2 bridgehead atoms. The molecule has 20 heavy (non-hydrogen) atoms. The second-order valence-corrected chi connectivity index (χ2v) is 7.34. The Morgan fingerprint density at radius 1 is 1.15 bits per heavy atom. The van der Waals surface area contributed by atoms with Crippen LogP contribution in [0.5, 0.6) is 0 Å². The van der Waals surface area contributed by atoms with E-state index in [9.17, 15) is 9.59 Å². The van der Waals surface area contributed by atoms with Gasteiger partial charge in [-0.05, 0) is 45.4 Å². The van der Waals surface area contributed by atoms with Crippen LogP contribution < -0.4 is 0 Å². The normalized spacial score (nSPS) is 39.6. The fourth-order valence-electron chi connectivity index (χ4n) is 4.13. The topological polar surface area (TPSA) is 52.6 Å². The molecular formula is C16H24O4. The summed E-state index contributed by atoms with van der Waals surface area (Å²) < 4.78 is 11.3. The van der Waals surface area contributed by atoms with E-state index in [0.717, 1.165) is 25.7 Å². The zero-order valence-electron chi connectivity index (χ0n) is 12.7. The van der Waals surface area contributed by atoms with E-state index < -0.39 is 16.4 Å². The van der Waals surface area contributed by atoms with Gasteiger partial charge >= 0.3 is 11.9 Å². The van der Waals surface area contributed by atoms with Crippen LogP contribution in [0.15, 0.2) is 0 Å². The highest BCUT2D eigenvalue weighted by molar-refractivity contribution is 5.93. The molecule has 2 aliphatic carbocycles. The van der Waals surface area contributed by atoms with Crippen molar-refractivity contribution in [3.8, 4) is 0 Å². The lowest BCUT2D eigenvalue weighted by Gasteiger charge is -2.36. The first kappa shape index (κ1) is 13.9. The molecule has 112 valence electrons. The van der Waals surface area contributed by atoms with Crippen molar-refractivity contribution in [2.24, 2.45) is 10.8 Å². The van der Waals surface area contributed by atoms with Gasteiger partial charge in [0.2, 0.25) is 5.60 Å². The van der Waals surface area contributed by atoms with Crippen molar-refractivity contribution in [3.63, 3.8) is 0 Å². The summed E-state index contributed by atoms with van der Waals surface area (Å²) in [5, 5.41) is 0. The number of hydrogen-bond acceptors (Lipinski definition) is 4. The van der Waals surface area contributed by atoms with Gasteiger partial charge in [0.25, 0.3) is 0 Å². The summed E-state index contributed by atoms with van der Waals surface area (Å²) in [7, 11) is 0. The summed E-state index contributed by atoms with van der Waals surface area (Å²) in [5.74, 6) is -0.557. The molecule has 3 fully saturated rings. The molecule has 3 aliphatic rings. The van der Waals surface area contributed by atoms with Gasteiger partial charge in [-0.25, -0.2) is 4.79 Å². The molecule has 0 aromatic rings. The molecule has 0 aromatic carbocycles. The van der Waals surface area contributed by atoms with Gasteiger partial charge in [-0.15, -0.1) is 0 Å². The molecular weight excluding hydrogens is 256 g/mol. The van der Waals surface area contributed by atoms with E-state index in [1.54, 1.807) is 0 Å². The van der Waals surface area contributed by atoms with Gasteiger partial charge in [0.05, 0.1) is 5.41 Å². The molecule has 0 radical (unpaired) electrons. The molecule has 3 rings (SSSR count). The van der Waals surface area contributed by atoms with Gasteiger partial charge in [-0.3, -0.25) is 4.79 Å². The Bertz CT molecular complexity index is 449. The van der Waals surface area contributed by atoms with Gasteiger partial charge in [-0.2, -0.15) is 0 Å². The van der Waals surface area contributed by atoms with Gasteiger partial charge in [0, 0.05) is 5.41 Å². The van der Waals surface area contributed by atoms with Gasteiger partial charge in [0.15, 0.2) is 0 Å². The van der Waals surface area contributed by atoms with Crippen molar-refractivity contribution in [3.05, 3.63) is 0 Å². The average Bonchev–Trinajstić information content (AvgIpc) is 2.70. The molecule has 0 amide bonds. The summed E-state index contributed by atoms with van der Waals surface area (Å²) in [6.07, 6.45) is 6.63. The number of hydrogen-bond donors (Lipinski definition) is 0. The van der Waals surface area contributed by atoms with E-state index in [2.05, 4.69) is 0 Å². The summed E-state index contributed by atoms with van der Waals surface area (Å²) in [5.41, 5.74) is -2.11. The largest absolute Gasteiger partial charge is 0.459 e. The fraction of sp³-hybridized carbons (Fsp3) is 0.875. The summed E-state index contributed by atoms with van der Waals surface area (Å²) in [6, 6.07) is 0. The lowest BCUT2D eigenvalue weighted by Crippen LogP contribution is -2.50. The van der Waals surface area contributed by atoms with Crippen molar-refractivity contribution >= 4 is 11.9 Å². The second kappa shape index (κ2) is 4.22. The highest BCUT2D eigenvalue weighted by Crippen LogP contribution is 2.65. The SMILES string of the molecule is CC1(C)[C@@]2(C(=O)OC3CCCCC3)CC[C@]1(C)C(=O)O2. The van der Waals surface area contributed by atoms with E-state index in [0.29, 0.717) is 12.8 Å². The third-order valence-corrected chi connectivity index (χ3v) is 6.24. The number of carbonyl (C=O) groups excluding carboxylic acids is 2. The Morgan fingerprint density at radius 3 is 2.30 bits per heavy atom. The van der Waals surface area contributed by atoms with Crippen LogP contribution >= 0.6 is 0 Å². The van der Waals surface area contributed by atoms with E-state index in [1.165, 1.54) is 6.42 Å². The maximum Gasteiger partial charge on any atom is 0.351 e. The molecule has 0 aromatic heterocycles. The molecule has 2 saturated carbocycles. The first-order valence-electron chi connectivity index (χ1n) is 7.78. The Kier molecular flexibility index (Phi) is 2.93. The quantitative estimate of drug-likeness (QED) is 0.730. The van der Waals surface area contributed by atoms with Crippen LogP contribution in [0.4, 0.5) is 0 Å². The molecule has 1 aliphatic heterocycles. The zero-order valence-corrected chi connectivity index (χ0v) is 12.7. The molecule has 2 atom stereocenters. The molecule has 4 heteroatoms. The van der Waals surface area contributed by atoms with Crippen LogP contribution in [0.1, 0.15) is 65.7 Å². The smallest absolute Gasteiger partial charge is 0.351 e. The Balaban J connectivity index is 1.82. The van der Waals surface area contributed by atoms with Crippen molar-refractivity contribution in [2.45, 2.75) is 77.4 Å². The standard InChI is InChI=1S/C16H24O4/c1-14(2)15(3)9-10-16(14,20-12(15)17)13(18)19-11-7-5-4-6-8-11/h11H,4-10H2,1-3H3/t15-,16+/m1/s1. The number of carbonyl (C=O) groups is 2. The van der Waals surface area contributed by atoms with Crippen LogP contribution in [-0.2, 0) is 19.1 Å². The van der Waals surface area contributed by atoms with Crippen LogP contribution in [0.25, 0.3) is 0 Å². The molecule has 1 heterocycles. The van der Waals surface area contributed by atoms with Crippen LogP contribution in [-0.4, -0.2) is 23.6 Å². The minimum Gasteiger partial charge on any atom is -0.459 e. The molecule has 1 saturated heterocycles. The lowest BCUT2D eigenvalue weighted by molar-refractivity contribution is -0.188. The predicted molar refractivity (Wildman–Crippen MR) is 72.9 cm³/mol. The van der Waals surface area contributed by atoms with Crippen LogP contribution in [0, 0.1) is 10.8 Å². The number of ether oxygens (including phenoxy) is 2. The minimum absolute atomic E-state index is 0.00702. The van der Waals surface area contributed by atoms with Crippen LogP contribution in [0.2, 0.25) is 0 Å². The van der Waals surface area contributed by atoms with E-state index in [1.807, 2.05) is 20.8 Å². The van der Waals surface area contributed by atoms with Crippen molar-refractivity contribution in [1.29, 1.82) is 0 Å². The first-order valence-corrected chi connectivity index (χ1v) is 7.78. The Hall–Kier alpha value is -1.06. The van der Waals surface area contributed by atoms with Crippen LogP contribution in [0.3, 0.4) is 0 Å². The monoisotopic (exact) mass is 280 g/mol. The second-order valence-electron chi connectivity index (χ2n) is 7.34. The minimum atomic E-state index is -1.06. The molecule has 0 spiro atoms. The summed E-state index contributed by atoms with van der Waals surface area (Å²) in [6.45, 7) is 5.85. The highest BCUT2D eigenvalue weighted by Gasteiger charge is 2.76. The number of esters is 2. The zero-order chi connectivity index (χ0) is 14.6. The average molecular weight is 280 g/mol. The maximum absolute atomic E-state index is 12.7. The van der Waals surface area contributed by atoms with Gasteiger partial charge in [0.1, 0.15) is 6.10 Å². The summed E-state index contributed by atoms with van der Waals surface area (Å²) >= 11 is 0. The third-order valence-electron chi connectivity index (χ3n) is 6.24. The Labute approximate surface area is 120 Å². The number of fused-ring (bicyclic) bond motifs is 2. The van der Waals surface area contributed by atoms with Gasteiger partial charge < -0.3 is 9.47 Å². The van der Waals surface area contributed by atoms with E-state index in [-0.39, 0.29) is 18.0 Å². The molecule has 0 unspecified atom stereocenters. The Morgan fingerprint density at radius 2 is 1.80 bits per heavy atom. The molecule has 0 N–H and O–H groups in total.